The van der Waals surface area contributed by atoms with Crippen molar-refractivity contribution in [3.8, 4) is 0 Å². The molecule has 12 heteroatoms. The molecule has 0 spiro atoms. The summed E-state index contributed by atoms with van der Waals surface area (Å²) in [7, 11) is 0. The Labute approximate surface area is 189 Å². The molecule has 2 aromatic heterocycles. The molecule has 3 aromatic rings. The fourth-order valence-corrected chi connectivity index (χ4v) is 4.31. The van der Waals surface area contributed by atoms with Crippen LogP contribution in [-0.4, -0.2) is 80.6 Å². The first kappa shape index (κ1) is 21.0. The summed E-state index contributed by atoms with van der Waals surface area (Å²) in [5.41, 5.74) is 1.84. The molecule has 1 aromatic carbocycles. The van der Waals surface area contributed by atoms with Gasteiger partial charge < -0.3 is 20.0 Å². The fraction of sp³-hybridized carbons (Fsp3) is 0.429. The number of anilines is 2. The first-order valence-electron chi connectivity index (χ1n) is 10.9. The Morgan fingerprint density at radius 1 is 1.21 bits per heavy atom. The number of aromatic nitrogens is 5. The molecule has 2 fully saturated rings. The molecule has 33 heavy (non-hydrogen) atoms. The lowest BCUT2D eigenvalue weighted by molar-refractivity contribution is -0.117. The van der Waals surface area contributed by atoms with Gasteiger partial charge in [-0.15, -0.1) is 5.10 Å². The summed E-state index contributed by atoms with van der Waals surface area (Å²) in [6.07, 6.45) is 1.70. The molecule has 11 nitrogen and oxygen atoms in total. The van der Waals surface area contributed by atoms with Crippen molar-refractivity contribution >= 4 is 34.6 Å². The number of hydrogen-bond donors (Lipinski definition) is 1. The van der Waals surface area contributed by atoms with E-state index in [2.05, 4.69) is 30.5 Å². The van der Waals surface area contributed by atoms with Crippen LogP contribution in [0.4, 0.5) is 20.7 Å². The molecule has 1 N–H and O–H groups in total. The minimum Gasteiger partial charge on any atom is -0.351 e. The number of urea groups is 1. The van der Waals surface area contributed by atoms with Crippen LogP contribution in [0, 0.1) is 5.82 Å². The van der Waals surface area contributed by atoms with E-state index in [0.29, 0.717) is 61.9 Å². The van der Waals surface area contributed by atoms with Gasteiger partial charge in [-0.2, -0.15) is 0 Å². The second-order valence-electron chi connectivity index (χ2n) is 8.08. The maximum absolute atomic E-state index is 13.5. The normalized spacial score (nSPS) is 18.9. The molecule has 2 aliphatic heterocycles. The third kappa shape index (κ3) is 4.03. The molecule has 1 unspecified atom stereocenters. The van der Waals surface area contributed by atoms with Gasteiger partial charge in [0.1, 0.15) is 12.1 Å². The minimum absolute atomic E-state index is 0.136. The number of carbonyl (C=O) groups is 2. The highest BCUT2D eigenvalue weighted by Crippen LogP contribution is 2.24. The van der Waals surface area contributed by atoms with Crippen LogP contribution in [0.1, 0.15) is 13.3 Å². The lowest BCUT2D eigenvalue weighted by Gasteiger charge is -2.35. The molecule has 1 atom stereocenters. The predicted molar refractivity (Wildman–Crippen MR) is 118 cm³/mol. The van der Waals surface area contributed by atoms with E-state index in [0.717, 1.165) is 0 Å². The van der Waals surface area contributed by atoms with E-state index in [4.69, 9.17) is 0 Å². The first-order valence-corrected chi connectivity index (χ1v) is 10.9. The summed E-state index contributed by atoms with van der Waals surface area (Å²) >= 11 is 0. The zero-order valence-corrected chi connectivity index (χ0v) is 18.2. The average Bonchev–Trinajstić information content (AvgIpc) is 3.42. The molecule has 5 rings (SSSR count). The van der Waals surface area contributed by atoms with Gasteiger partial charge in [0.15, 0.2) is 17.0 Å². The van der Waals surface area contributed by atoms with Crippen molar-refractivity contribution in [2.24, 2.45) is 0 Å². The summed E-state index contributed by atoms with van der Waals surface area (Å²) < 4.78 is 15.2. The van der Waals surface area contributed by atoms with Crippen molar-refractivity contribution in [2.45, 2.75) is 25.9 Å². The number of fused-ring (bicyclic) bond motifs is 1. The summed E-state index contributed by atoms with van der Waals surface area (Å²) in [4.78, 5) is 39.2. The van der Waals surface area contributed by atoms with Gasteiger partial charge in [-0.05, 0) is 25.1 Å². The number of carbonyl (C=O) groups excluding carboxylic acids is 2. The van der Waals surface area contributed by atoms with Crippen molar-refractivity contribution in [3.63, 3.8) is 0 Å². The van der Waals surface area contributed by atoms with Crippen LogP contribution >= 0.6 is 0 Å². The highest BCUT2D eigenvalue weighted by Gasteiger charge is 2.33. The maximum atomic E-state index is 13.5. The van der Waals surface area contributed by atoms with Gasteiger partial charge in [0.05, 0.1) is 6.04 Å². The van der Waals surface area contributed by atoms with Crippen molar-refractivity contribution in [3.05, 3.63) is 36.4 Å². The number of aryl methyl sites for hydroxylation is 1. The Hall–Kier alpha value is -3.83. The van der Waals surface area contributed by atoms with Gasteiger partial charge in [-0.1, -0.05) is 11.3 Å². The van der Waals surface area contributed by atoms with E-state index in [1.807, 2.05) is 6.92 Å². The monoisotopic (exact) mass is 453 g/mol. The molecule has 3 amide bonds. The highest BCUT2D eigenvalue weighted by atomic mass is 19.1. The van der Waals surface area contributed by atoms with Gasteiger partial charge >= 0.3 is 6.03 Å². The molecule has 2 aliphatic rings. The standard InChI is InChI=1S/C21H24FN9O2/c1-2-31-20-18(26-27-31)19(23-13-24-20)28-6-8-29(9-7-28)21(33)25-15-11-17(32)30(12-15)16-5-3-4-14(22)10-16/h3-5,10,13,15H,2,6-9,11-12H2,1H3,(H,25,33). The van der Waals surface area contributed by atoms with E-state index in [-0.39, 0.29) is 24.4 Å². The summed E-state index contributed by atoms with van der Waals surface area (Å²) in [5.74, 6) is 0.180. The van der Waals surface area contributed by atoms with Crippen molar-refractivity contribution in [2.75, 3.05) is 42.5 Å². The molecule has 0 bridgehead atoms. The molecular weight excluding hydrogens is 429 g/mol. The topological polar surface area (TPSA) is 112 Å². The summed E-state index contributed by atoms with van der Waals surface area (Å²) in [6.45, 7) is 5.17. The minimum atomic E-state index is -0.399. The fourth-order valence-electron chi connectivity index (χ4n) is 4.31. The number of hydrogen-bond acceptors (Lipinski definition) is 7. The second-order valence-corrected chi connectivity index (χ2v) is 8.08. The number of nitrogens with one attached hydrogen (secondary N) is 1. The largest absolute Gasteiger partial charge is 0.351 e. The third-order valence-electron chi connectivity index (χ3n) is 6.02. The molecule has 4 heterocycles. The number of amides is 3. The molecule has 2 saturated heterocycles. The number of halogens is 1. The smallest absolute Gasteiger partial charge is 0.317 e. The Bertz CT molecular complexity index is 1190. The van der Waals surface area contributed by atoms with E-state index in [1.165, 1.54) is 23.4 Å². The van der Waals surface area contributed by atoms with E-state index >= 15 is 0 Å². The lowest BCUT2D eigenvalue weighted by Crippen LogP contribution is -2.54. The second kappa shape index (κ2) is 8.60. The number of piperazine rings is 1. The highest BCUT2D eigenvalue weighted by molar-refractivity contribution is 5.96. The van der Waals surface area contributed by atoms with Crippen LogP contribution in [-0.2, 0) is 11.3 Å². The Balaban J connectivity index is 1.19. The molecule has 0 radical (unpaired) electrons. The van der Waals surface area contributed by atoms with Gasteiger partial charge in [-0.25, -0.2) is 23.8 Å². The van der Waals surface area contributed by atoms with Crippen LogP contribution in [0.25, 0.3) is 11.2 Å². The first-order chi connectivity index (χ1) is 16.0. The molecule has 0 saturated carbocycles. The molecular formula is C21H24FN9O2. The number of nitrogens with zero attached hydrogens (tertiary/aromatic N) is 8. The van der Waals surface area contributed by atoms with Gasteiger partial charge in [0.2, 0.25) is 5.91 Å². The van der Waals surface area contributed by atoms with Crippen molar-refractivity contribution < 1.29 is 14.0 Å². The van der Waals surface area contributed by atoms with E-state index in [9.17, 15) is 14.0 Å². The predicted octanol–water partition coefficient (Wildman–Crippen LogP) is 1.02. The molecule has 172 valence electrons. The number of rotatable bonds is 4. The van der Waals surface area contributed by atoms with Crippen LogP contribution in [0.3, 0.4) is 0 Å². The van der Waals surface area contributed by atoms with Crippen LogP contribution in [0.5, 0.6) is 0 Å². The Morgan fingerprint density at radius 2 is 2.03 bits per heavy atom. The number of benzene rings is 1. The summed E-state index contributed by atoms with van der Waals surface area (Å²) in [6, 6.07) is 5.38. The van der Waals surface area contributed by atoms with Crippen LogP contribution in [0.2, 0.25) is 0 Å². The Kier molecular flexibility index (Phi) is 5.48. The van der Waals surface area contributed by atoms with Crippen LogP contribution < -0.4 is 15.1 Å². The van der Waals surface area contributed by atoms with Crippen LogP contribution in [0.15, 0.2) is 30.6 Å². The lowest BCUT2D eigenvalue weighted by atomic mass is 10.2. The van der Waals surface area contributed by atoms with Gasteiger partial charge in [-0.3, -0.25) is 4.79 Å². The quantitative estimate of drug-likeness (QED) is 0.628. The molecule has 0 aliphatic carbocycles. The van der Waals surface area contributed by atoms with E-state index < -0.39 is 5.82 Å². The van der Waals surface area contributed by atoms with Crippen molar-refractivity contribution in [1.29, 1.82) is 0 Å². The zero-order valence-electron chi connectivity index (χ0n) is 18.2. The van der Waals surface area contributed by atoms with Gasteiger partial charge in [0.25, 0.3) is 0 Å². The maximum Gasteiger partial charge on any atom is 0.317 e. The van der Waals surface area contributed by atoms with E-state index in [1.54, 1.807) is 21.7 Å². The SMILES string of the molecule is CCn1nnc2c(N3CCN(C(=O)NC4CC(=O)N(c5cccc(F)c5)C4)CC3)ncnc21. The Morgan fingerprint density at radius 3 is 2.79 bits per heavy atom. The van der Waals surface area contributed by atoms with Gasteiger partial charge in [0, 0.05) is 51.4 Å². The third-order valence-corrected chi connectivity index (χ3v) is 6.02. The zero-order chi connectivity index (χ0) is 22.9. The van der Waals surface area contributed by atoms with Crippen molar-refractivity contribution in [1.82, 2.24) is 35.2 Å². The average molecular weight is 453 g/mol. The summed E-state index contributed by atoms with van der Waals surface area (Å²) in [5, 5.41) is 11.3.